The lowest BCUT2D eigenvalue weighted by atomic mass is 10.1. The number of carbonyl (C=O) groups excluding carboxylic acids is 1. The molecule has 1 rings (SSSR count). The lowest BCUT2D eigenvalue weighted by Gasteiger charge is -2.07. The highest BCUT2D eigenvalue weighted by Crippen LogP contribution is 2.12. The fourth-order valence-electron chi connectivity index (χ4n) is 1.40. The molecule has 1 amide bonds. The zero-order chi connectivity index (χ0) is 12.7. The molecule has 0 heterocycles. The first kappa shape index (κ1) is 13.5. The summed E-state index contributed by atoms with van der Waals surface area (Å²) in [6.45, 7) is 1.95. The molecule has 0 saturated heterocycles. The van der Waals surface area contributed by atoms with Gasteiger partial charge in [-0.05, 0) is 31.0 Å². The second-order valence-electron chi connectivity index (χ2n) is 4.00. The van der Waals surface area contributed by atoms with Crippen LogP contribution in [0.25, 0.3) is 0 Å². The minimum absolute atomic E-state index is 0.0401. The maximum atomic E-state index is 11.4. The number of hydrogen-bond acceptors (Lipinski definition) is 3. The predicted octanol–water partition coefficient (Wildman–Crippen LogP) is 1.12. The van der Waals surface area contributed by atoms with E-state index in [4.69, 9.17) is 9.84 Å². The lowest BCUT2D eigenvalue weighted by Crippen LogP contribution is -2.30. The molecule has 0 bridgehead atoms. The minimum Gasteiger partial charge on any atom is -0.497 e. The summed E-state index contributed by atoms with van der Waals surface area (Å²) < 4.78 is 5.05. The van der Waals surface area contributed by atoms with Crippen molar-refractivity contribution in [2.24, 2.45) is 0 Å². The molecule has 0 saturated carbocycles. The van der Waals surface area contributed by atoms with Crippen molar-refractivity contribution < 1.29 is 14.6 Å². The van der Waals surface area contributed by atoms with Crippen molar-refractivity contribution in [2.45, 2.75) is 25.9 Å². The third-order valence-electron chi connectivity index (χ3n) is 2.39. The molecule has 0 fully saturated rings. The molecule has 17 heavy (non-hydrogen) atoms. The number of methoxy groups -OCH3 is 1. The Morgan fingerprint density at radius 1 is 1.41 bits per heavy atom. The number of aliphatic hydroxyl groups excluding tert-OH is 1. The van der Waals surface area contributed by atoms with E-state index in [1.54, 1.807) is 14.0 Å². The highest BCUT2D eigenvalue weighted by Gasteiger charge is 2.03. The van der Waals surface area contributed by atoms with E-state index in [1.807, 2.05) is 24.3 Å². The molecule has 0 spiro atoms. The molecule has 0 aliphatic rings. The Morgan fingerprint density at radius 2 is 2.06 bits per heavy atom. The number of rotatable bonds is 6. The molecule has 1 atom stereocenters. The van der Waals surface area contributed by atoms with E-state index in [-0.39, 0.29) is 5.91 Å². The Kier molecular flexibility index (Phi) is 5.49. The van der Waals surface area contributed by atoms with Crippen LogP contribution in [0, 0.1) is 0 Å². The zero-order valence-corrected chi connectivity index (χ0v) is 10.3. The number of aryl methyl sites for hydroxylation is 1. The molecule has 4 heteroatoms. The van der Waals surface area contributed by atoms with Crippen LogP contribution in [-0.4, -0.2) is 30.8 Å². The van der Waals surface area contributed by atoms with E-state index in [0.29, 0.717) is 19.4 Å². The standard InChI is InChI=1S/C13H19NO3/c1-10(15)9-14-13(16)8-5-11-3-6-12(17-2)7-4-11/h3-4,6-7,10,15H,5,8-9H2,1-2H3,(H,14,16). The van der Waals surface area contributed by atoms with Gasteiger partial charge in [-0.3, -0.25) is 4.79 Å². The van der Waals surface area contributed by atoms with Gasteiger partial charge in [0, 0.05) is 13.0 Å². The van der Waals surface area contributed by atoms with Crippen LogP contribution < -0.4 is 10.1 Å². The number of carbonyl (C=O) groups is 1. The lowest BCUT2D eigenvalue weighted by molar-refractivity contribution is -0.121. The minimum atomic E-state index is -0.500. The molecule has 0 aliphatic heterocycles. The average molecular weight is 237 g/mol. The number of ether oxygens (including phenoxy) is 1. The summed E-state index contributed by atoms with van der Waals surface area (Å²) in [4.78, 5) is 11.4. The highest BCUT2D eigenvalue weighted by molar-refractivity contribution is 5.76. The van der Waals surface area contributed by atoms with E-state index in [1.165, 1.54) is 0 Å². The fourth-order valence-corrected chi connectivity index (χ4v) is 1.40. The number of hydrogen-bond donors (Lipinski definition) is 2. The third-order valence-corrected chi connectivity index (χ3v) is 2.39. The van der Waals surface area contributed by atoms with Crippen LogP contribution >= 0.6 is 0 Å². The van der Waals surface area contributed by atoms with Crippen molar-refractivity contribution in [2.75, 3.05) is 13.7 Å². The van der Waals surface area contributed by atoms with Crippen molar-refractivity contribution in [3.63, 3.8) is 0 Å². The molecule has 1 aromatic rings. The predicted molar refractivity (Wildman–Crippen MR) is 66.0 cm³/mol. The van der Waals surface area contributed by atoms with Gasteiger partial charge in [0.25, 0.3) is 0 Å². The maximum absolute atomic E-state index is 11.4. The largest absolute Gasteiger partial charge is 0.497 e. The van der Waals surface area contributed by atoms with Crippen molar-refractivity contribution in [1.29, 1.82) is 0 Å². The van der Waals surface area contributed by atoms with E-state index in [2.05, 4.69) is 5.32 Å². The average Bonchev–Trinajstić information content (AvgIpc) is 2.34. The fraction of sp³-hybridized carbons (Fsp3) is 0.462. The van der Waals surface area contributed by atoms with Gasteiger partial charge in [0.05, 0.1) is 13.2 Å². The molecular weight excluding hydrogens is 218 g/mol. The number of amides is 1. The first-order valence-electron chi connectivity index (χ1n) is 5.69. The number of aliphatic hydroxyl groups is 1. The van der Waals surface area contributed by atoms with Gasteiger partial charge in [-0.15, -0.1) is 0 Å². The van der Waals surface area contributed by atoms with Gasteiger partial charge < -0.3 is 15.2 Å². The molecule has 0 aliphatic carbocycles. The second kappa shape index (κ2) is 6.91. The van der Waals surface area contributed by atoms with Crippen LogP contribution in [0.1, 0.15) is 18.9 Å². The van der Waals surface area contributed by atoms with Crippen LogP contribution in [-0.2, 0) is 11.2 Å². The van der Waals surface area contributed by atoms with Gasteiger partial charge in [0.15, 0.2) is 0 Å². The van der Waals surface area contributed by atoms with Crippen LogP contribution in [0.5, 0.6) is 5.75 Å². The van der Waals surface area contributed by atoms with E-state index in [9.17, 15) is 4.79 Å². The molecule has 1 unspecified atom stereocenters. The first-order valence-corrected chi connectivity index (χ1v) is 5.69. The Hall–Kier alpha value is -1.55. The summed E-state index contributed by atoms with van der Waals surface area (Å²) in [5, 5.41) is 11.7. The second-order valence-corrected chi connectivity index (χ2v) is 4.00. The van der Waals surface area contributed by atoms with Crippen molar-refractivity contribution in [3.05, 3.63) is 29.8 Å². The topological polar surface area (TPSA) is 58.6 Å². The Labute approximate surface area is 102 Å². The van der Waals surface area contributed by atoms with Crippen molar-refractivity contribution in [3.8, 4) is 5.75 Å². The summed E-state index contributed by atoms with van der Waals surface area (Å²) >= 11 is 0. The smallest absolute Gasteiger partial charge is 0.220 e. The number of nitrogens with one attached hydrogen (secondary N) is 1. The van der Waals surface area contributed by atoms with E-state index in [0.717, 1.165) is 11.3 Å². The van der Waals surface area contributed by atoms with E-state index >= 15 is 0 Å². The van der Waals surface area contributed by atoms with E-state index < -0.39 is 6.10 Å². The normalized spacial score (nSPS) is 11.9. The van der Waals surface area contributed by atoms with Crippen molar-refractivity contribution in [1.82, 2.24) is 5.32 Å². The number of benzene rings is 1. The third kappa shape index (κ3) is 5.36. The van der Waals surface area contributed by atoms with Crippen LogP contribution in [0.15, 0.2) is 24.3 Å². The van der Waals surface area contributed by atoms with Gasteiger partial charge in [0.1, 0.15) is 5.75 Å². The summed E-state index contributed by atoms with van der Waals surface area (Å²) in [5.41, 5.74) is 1.10. The van der Waals surface area contributed by atoms with Crippen LogP contribution in [0.4, 0.5) is 0 Å². The van der Waals surface area contributed by atoms with Gasteiger partial charge in [-0.1, -0.05) is 12.1 Å². The van der Waals surface area contributed by atoms with Crippen LogP contribution in [0.2, 0.25) is 0 Å². The first-order chi connectivity index (χ1) is 8.11. The summed E-state index contributed by atoms with van der Waals surface area (Å²) in [6.07, 6.45) is 0.620. The monoisotopic (exact) mass is 237 g/mol. The summed E-state index contributed by atoms with van der Waals surface area (Å²) in [5.74, 6) is 0.772. The Balaban J connectivity index is 2.31. The molecular formula is C13H19NO3. The molecule has 2 N–H and O–H groups in total. The van der Waals surface area contributed by atoms with Gasteiger partial charge in [0.2, 0.25) is 5.91 Å². The quantitative estimate of drug-likeness (QED) is 0.779. The van der Waals surface area contributed by atoms with Crippen molar-refractivity contribution >= 4 is 5.91 Å². The SMILES string of the molecule is COc1ccc(CCC(=O)NCC(C)O)cc1. The maximum Gasteiger partial charge on any atom is 0.220 e. The Morgan fingerprint density at radius 3 is 2.59 bits per heavy atom. The van der Waals surface area contributed by atoms with Crippen LogP contribution in [0.3, 0.4) is 0 Å². The molecule has 0 aromatic heterocycles. The zero-order valence-electron chi connectivity index (χ0n) is 10.3. The summed E-state index contributed by atoms with van der Waals surface area (Å²) in [7, 11) is 1.62. The molecule has 0 radical (unpaired) electrons. The van der Waals surface area contributed by atoms with Gasteiger partial charge in [-0.2, -0.15) is 0 Å². The van der Waals surface area contributed by atoms with Gasteiger partial charge >= 0.3 is 0 Å². The Bertz CT molecular complexity index is 346. The summed E-state index contributed by atoms with van der Waals surface area (Å²) in [6, 6.07) is 7.65. The molecule has 1 aromatic carbocycles. The molecule has 4 nitrogen and oxygen atoms in total. The van der Waals surface area contributed by atoms with Gasteiger partial charge in [-0.25, -0.2) is 0 Å². The molecule has 94 valence electrons. The highest BCUT2D eigenvalue weighted by atomic mass is 16.5.